The van der Waals surface area contributed by atoms with Gasteiger partial charge in [0.15, 0.2) is 5.13 Å². The molecule has 0 saturated heterocycles. The third-order valence-corrected chi connectivity index (χ3v) is 5.98. The maximum atomic E-state index is 12.6. The molecule has 1 aromatic heterocycles. The molecule has 5 nitrogen and oxygen atoms in total. The first-order valence-electron chi connectivity index (χ1n) is 11.3. The van der Waals surface area contributed by atoms with E-state index in [1.165, 1.54) is 42.6 Å². The topological polar surface area (TPSA) is 75.0 Å². The van der Waals surface area contributed by atoms with E-state index >= 15 is 0 Å². The highest BCUT2D eigenvalue weighted by atomic mass is 32.1. The van der Waals surface area contributed by atoms with Gasteiger partial charge in [-0.2, -0.15) is 5.26 Å². The van der Waals surface area contributed by atoms with E-state index in [1.54, 1.807) is 12.3 Å². The van der Waals surface area contributed by atoms with Gasteiger partial charge < -0.3 is 4.74 Å². The van der Waals surface area contributed by atoms with E-state index < -0.39 is 5.91 Å². The highest BCUT2D eigenvalue weighted by Gasteiger charge is 2.12. The molecule has 0 bridgehead atoms. The Balaban J connectivity index is 1.52. The fraction of sp³-hybridized carbons (Fsp3) is 0.296. The molecule has 0 aliphatic heterocycles. The smallest absolute Gasteiger partial charge is 0.268 e. The monoisotopic (exact) mass is 459 g/mol. The van der Waals surface area contributed by atoms with Gasteiger partial charge in [-0.15, -0.1) is 11.3 Å². The number of hydrogen-bond donors (Lipinski definition) is 1. The van der Waals surface area contributed by atoms with E-state index in [0.717, 1.165) is 29.0 Å². The summed E-state index contributed by atoms with van der Waals surface area (Å²) in [5, 5.41) is 12.7. The summed E-state index contributed by atoms with van der Waals surface area (Å²) in [7, 11) is 0. The largest absolute Gasteiger partial charge is 0.494 e. The molecule has 1 amide bonds. The summed E-state index contributed by atoms with van der Waals surface area (Å²) in [6.45, 7) is 2.90. The fourth-order valence-corrected chi connectivity index (χ4v) is 4.12. The average molecular weight is 460 g/mol. The molecule has 3 rings (SSSR count). The van der Waals surface area contributed by atoms with E-state index in [9.17, 15) is 10.1 Å². The van der Waals surface area contributed by atoms with Gasteiger partial charge in [0.1, 0.15) is 17.4 Å². The van der Waals surface area contributed by atoms with E-state index in [1.807, 2.05) is 48.5 Å². The second kappa shape index (κ2) is 13.2. The molecule has 0 aliphatic rings. The van der Waals surface area contributed by atoms with Crippen molar-refractivity contribution < 1.29 is 9.53 Å². The second-order valence-corrected chi connectivity index (χ2v) is 8.86. The van der Waals surface area contributed by atoms with Crippen molar-refractivity contribution in [2.75, 3.05) is 11.9 Å². The van der Waals surface area contributed by atoms with Crippen LogP contribution in [0, 0.1) is 11.3 Å². The molecule has 0 unspecified atom stereocenters. The van der Waals surface area contributed by atoms with Crippen LogP contribution in [0.3, 0.4) is 0 Å². The van der Waals surface area contributed by atoms with Crippen LogP contribution in [-0.2, 0) is 11.2 Å². The van der Waals surface area contributed by atoms with Crippen LogP contribution < -0.4 is 10.1 Å². The van der Waals surface area contributed by atoms with Crippen molar-refractivity contribution >= 4 is 28.5 Å². The number of nitrogens with zero attached hydrogens (tertiary/aromatic N) is 2. The Hall–Kier alpha value is -3.43. The Morgan fingerprint density at radius 1 is 1.09 bits per heavy atom. The van der Waals surface area contributed by atoms with Gasteiger partial charge in [-0.25, -0.2) is 4.98 Å². The molecule has 1 heterocycles. The van der Waals surface area contributed by atoms with Gasteiger partial charge in [-0.1, -0.05) is 75.1 Å². The number of carbonyl (C=O) groups excluding carboxylic acids is 1. The summed E-state index contributed by atoms with van der Waals surface area (Å²) in [6, 6.07) is 19.5. The molecule has 0 aliphatic carbocycles. The lowest BCUT2D eigenvalue weighted by Crippen LogP contribution is -2.13. The molecule has 33 heavy (non-hydrogen) atoms. The molecule has 2 aromatic carbocycles. The first-order chi connectivity index (χ1) is 16.2. The van der Waals surface area contributed by atoms with Crippen molar-refractivity contribution in [2.24, 2.45) is 0 Å². The highest BCUT2D eigenvalue weighted by Crippen LogP contribution is 2.22. The van der Waals surface area contributed by atoms with Gasteiger partial charge in [0.05, 0.1) is 6.61 Å². The number of hydrogen-bond acceptors (Lipinski definition) is 5. The molecule has 0 atom stereocenters. The van der Waals surface area contributed by atoms with Gasteiger partial charge in [-0.05, 0) is 35.8 Å². The van der Waals surface area contributed by atoms with Gasteiger partial charge in [0, 0.05) is 17.5 Å². The molecule has 0 saturated carbocycles. The maximum Gasteiger partial charge on any atom is 0.268 e. The zero-order valence-corrected chi connectivity index (χ0v) is 19.7. The minimum absolute atomic E-state index is 0.0272. The van der Waals surface area contributed by atoms with Crippen LogP contribution in [0.5, 0.6) is 5.75 Å². The molecule has 1 N–H and O–H groups in total. The van der Waals surface area contributed by atoms with E-state index in [0.29, 0.717) is 11.7 Å². The number of nitrogens with one attached hydrogen (secondary N) is 1. The summed E-state index contributed by atoms with van der Waals surface area (Å²) >= 11 is 1.41. The third kappa shape index (κ3) is 8.21. The summed E-state index contributed by atoms with van der Waals surface area (Å²) in [4.78, 5) is 17.9. The number of ether oxygens (including phenoxy) is 1. The van der Waals surface area contributed by atoms with Gasteiger partial charge in [0.2, 0.25) is 0 Å². The van der Waals surface area contributed by atoms with Crippen molar-refractivity contribution in [3.8, 4) is 11.8 Å². The van der Waals surface area contributed by atoms with Crippen LogP contribution >= 0.6 is 11.3 Å². The molecule has 3 aromatic rings. The van der Waals surface area contributed by atoms with Crippen LogP contribution in [0.25, 0.3) is 6.08 Å². The second-order valence-electron chi connectivity index (χ2n) is 7.75. The van der Waals surface area contributed by atoms with Crippen molar-refractivity contribution in [3.63, 3.8) is 0 Å². The molecule has 0 fully saturated rings. The summed E-state index contributed by atoms with van der Waals surface area (Å²) in [6.07, 6.45) is 10.1. The number of amides is 1. The van der Waals surface area contributed by atoms with E-state index in [4.69, 9.17) is 4.74 Å². The van der Waals surface area contributed by atoms with Crippen LogP contribution in [0.2, 0.25) is 0 Å². The van der Waals surface area contributed by atoms with Gasteiger partial charge >= 0.3 is 0 Å². The number of carbonyl (C=O) groups is 1. The van der Waals surface area contributed by atoms with Crippen molar-refractivity contribution in [1.29, 1.82) is 5.26 Å². The van der Waals surface area contributed by atoms with Gasteiger partial charge in [-0.3, -0.25) is 10.1 Å². The first kappa shape index (κ1) is 24.2. The lowest BCUT2D eigenvalue weighted by atomic mass is 10.1. The lowest BCUT2D eigenvalue weighted by Gasteiger charge is -2.06. The molecule has 170 valence electrons. The number of anilines is 1. The molecule has 0 spiro atoms. The van der Waals surface area contributed by atoms with E-state index in [-0.39, 0.29) is 5.57 Å². The Morgan fingerprint density at radius 2 is 1.85 bits per heavy atom. The molecule has 0 radical (unpaired) electrons. The number of rotatable bonds is 12. The Kier molecular flexibility index (Phi) is 9.68. The third-order valence-electron chi connectivity index (χ3n) is 5.07. The van der Waals surface area contributed by atoms with Crippen LogP contribution in [0.4, 0.5) is 5.13 Å². The number of unbranched alkanes of at least 4 members (excludes halogenated alkanes) is 4. The number of aromatic nitrogens is 1. The van der Waals surface area contributed by atoms with Crippen LogP contribution in [0.15, 0.2) is 66.4 Å². The lowest BCUT2D eigenvalue weighted by molar-refractivity contribution is -0.112. The number of thiazole rings is 1. The highest BCUT2D eigenvalue weighted by molar-refractivity contribution is 7.15. The SMILES string of the molecule is CCCCCCCOc1ccc(C=C(C#N)C(=O)Nc2ncc(Cc3ccccc3)s2)cc1. The predicted molar refractivity (Wildman–Crippen MR) is 134 cm³/mol. The number of benzene rings is 2. The zero-order chi connectivity index (χ0) is 23.3. The Bertz CT molecular complexity index is 1080. The average Bonchev–Trinajstić information content (AvgIpc) is 3.27. The standard InChI is InChI=1S/C27H29N3O2S/c1-2-3-4-5-9-16-32-24-14-12-22(13-15-24)17-23(19-28)26(31)30-27-29-20-25(33-27)18-21-10-7-6-8-11-21/h6-8,10-15,17,20H,2-5,9,16,18H2,1H3,(H,29,30,31). The van der Waals surface area contributed by atoms with Gasteiger partial charge in [0.25, 0.3) is 5.91 Å². The fourth-order valence-electron chi connectivity index (χ4n) is 3.28. The summed E-state index contributed by atoms with van der Waals surface area (Å²) < 4.78 is 5.77. The minimum Gasteiger partial charge on any atom is -0.494 e. The predicted octanol–water partition coefficient (Wildman–Crippen LogP) is 6.63. The first-order valence-corrected chi connectivity index (χ1v) is 12.1. The van der Waals surface area contributed by atoms with E-state index in [2.05, 4.69) is 29.4 Å². The van der Waals surface area contributed by atoms with Crippen molar-refractivity contribution in [3.05, 3.63) is 82.4 Å². The number of nitriles is 1. The molecule has 6 heteroatoms. The Labute approximate surface area is 199 Å². The van der Waals surface area contributed by atoms with Crippen LogP contribution in [-0.4, -0.2) is 17.5 Å². The maximum absolute atomic E-state index is 12.6. The summed E-state index contributed by atoms with van der Waals surface area (Å²) in [5.41, 5.74) is 1.97. The Morgan fingerprint density at radius 3 is 2.58 bits per heavy atom. The quantitative estimate of drug-likeness (QED) is 0.187. The molecular formula is C27H29N3O2S. The van der Waals surface area contributed by atoms with Crippen LogP contribution in [0.1, 0.15) is 55.0 Å². The normalized spacial score (nSPS) is 11.1. The molecular weight excluding hydrogens is 430 g/mol. The van der Waals surface area contributed by atoms with Crippen molar-refractivity contribution in [1.82, 2.24) is 4.98 Å². The zero-order valence-electron chi connectivity index (χ0n) is 18.9. The summed E-state index contributed by atoms with van der Waals surface area (Å²) in [5.74, 6) is 0.324. The van der Waals surface area contributed by atoms with Crippen molar-refractivity contribution in [2.45, 2.75) is 45.4 Å². The minimum atomic E-state index is -0.467.